The van der Waals surface area contributed by atoms with E-state index in [9.17, 15) is 0 Å². The Morgan fingerprint density at radius 1 is 1.00 bits per heavy atom. The first kappa shape index (κ1) is 14.4. The number of hydrogen-bond donors (Lipinski definition) is 2. The summed E-state index contributed by atoms with van der Waals surface area (Å²) in [6, 6.07) is 5.92. The monoisotopic (exact) mass is 286 g/mol. The lowest BCUT2D eigenvalue weighted by Gasteiger charge is -2.15. The van der Waals surface area contributed by atoms with Crippen LogP contribution in [-0.4, -0.2) is 15.0 Å². The Morgan fingerprint density at radius 3 is 2.25 bits per heavy atom. The lowest BCUT2D eigenvalue weighted by atomic mass is 10.1. The Hall–Kier alpha value is -2.01. The van der Waals surface area contributed by atoms with Crippen molar-refractivity contribution in [3.63, 3.8) is 0 Å². The van der Waals surface area contributed by atoms with E-state index in [1.165, 1.54) is 0 Å². The molecule has 2 aromatic rings. The molecule has 4 nitrogen and oxygen atoms in total. The lowest BCUT2D eigenvalue weighted by Crippen LogP contribution is -2.15. The largest absolute Gasteiger partial charge is 0.389 e. The third kappa shape index (κ3) is 2.93. The maximum Gasteiger partial charge on any atom is 0.107 e. The van der Waals surface area contributed by atoms with E-state index in [0.29, 0.717) is 4.99 Å². The molecule has 0 spiro atoms. The van der Waals surface area contributed by atoms with E-state index in [2.05, 4.69) is 15.3 Å². The summed E-state index contributed by atoms with van der Waals surface area (Å²) in [5.74, 6) is 0. The van der Waals surface area contributed by atoms with E-state index in [1.54, 1.807) is 0 Å². The van der Waals surface area contributed by atoms with Gasteiger partial charge in [-0.1, -0.05) is 12.2 Å². The lowest BCUT2D eigenvalue weighted by molar-refractivity contribution is 1.10. The van der Waals surface area contributed by atoms with E-state index in [4.69, 9.17) is 18.0 Å². The maximum atomic E-state index is 5.82. The fourth-order valence-corrected chi connectivity index (χ4v) is 2.46. The molecule has 0 fully saturated rings. The zero-order valence-corrected chi connectivity index (χ0v) is 12.9. The van der Waals surface area contributed by atoms with Gasteiger partial charge in [0.05, 0.1) is 22.6 Å². The molecule has 0 unspecified atom stereocenters. The van der Waals surface area contributed by atoms with Crippen molar-refractivity contribution in [1.29, 1.82) is 0 Å². The topological polar surface area (TPSA) is 63.8 Å². The Balaban J connectivity index is 2.50. The Labute approximate surface area is 124 Å². The highest BCUT2D eigenvalue weighted by Gasteiger charge is 2.12. The van der Waals surface area contributed by atoms with Gasteiger partial charge in [-0.15, -0.1) is 0 Å². The fourth-order valence-electron chi connectivity index (χ4n) is 2.20. The van der Waals surface area contributed by atoms with Crippen molar-refractivity contribution in [2.24, 2.45) is 5.73 Å². The summed E-state index contributed by atoms with van der Waals surface area (Å²) in [5, 5.41) is 3.36. The molecular weight excluding hydrogens is 268 g/mol. The average molecular weight is 286 g/mol. The molecule has 0 saturated carbocycles. The van der Waals surface area contributed by atoms with Crippen LogP contribution in [0.3, 0.4) is 0 Å². The molecule has 0 atom stereocenters. The van der Waals surface area contributed by atoms with Crippen LogP contribution in [0.5, 0.6) is 0 Å². The highest BCUT2D eigenvalue weighted by molar-refractivity contribution is 7.80. The second-order valence-corrected chi connectivity index (χ2v) is 5.29. The number of nitrogens with zero attached hydrogens (tertiary/aromatic N) is 2. The van der Waals surface area contributed by atoms with Gasteiger partial charge in [0.15, 0.2) is 0 Å². The van der Waals surface area contributed by atoms with Crippen LogP contribution >= 0.6 is 12.2 Å². The molecule has 2 rings (SSSR count). The van der Waals surface area contributed by atoms with Gasteiger partial charge in [0.1, 0.15) is 4.99 Å². The van der Waals surface area contributed by atoms with Gasteiger partial charge >= 0.3 is 0 Å². The molecule has 2 aromatic heterocycles. The zero-order chi connectivity index (χ0) is 14.9. The number of nitrogens with two attached hydrogens (primary N) is 1. The molecule has 0 aliphatic rings. The van der Waals surface area contributed by atoms with Gasteiger partial charge in [-0.2, -0.15) is 0 Å². The third-order valence-corrected chi connectivity index (χ3v) is 3.27. The number of thiocarbonyl (C=S) groups is 1. The van der Waals surface area contributed by atoms with E-state index in [-0.39, 0.29) is 0 Å². The van der Waals surface area contributed by atoms with Gasteiger partial charge in [-0.25, -0.2) is 0 Å². The molecule has 0 aliphatic heterocycles. The van der Waals surface area contributed by atoms with Gasteiger partial charge < -0.3 is 11.1 Å². The summed E-state index contributed by atoms with van der Waals surface area (Å²) in [4.78, 5) is 9.20. The van der Waals surface area contributed by atoms with Crippen LogP contribution < -0.4 is 11.1 Å². The summed E-state index contributed by atoms with van der Waals surface area (Å²) >= 11 is 5.13. The molecule has 0 saturated heterocycles. The summed E-state index contributed by atoms with van der Waals surface area (Å²) < 4.78 is 0. The van der Waals surface area contributed by atoms with Crippen molar-refractivity contribution in [2.75, 3.05) is 5.32 Å². The van der Waals surface area contributed by atoms with Crippen molar-refractivity contribution < 1.29 is 0 Å². The van der Waals surface area contributed by atoms with Gasteiger partial charge in [-0.05, 0) is 45.9 Å². The SMILES string of the molecule is Cc1ccc(Nc2cc(C)nc(C)c2C(N)=S)c(C)n1. The van der Waals surface area contributed by atoms with Crippen LogP contribution in [0.15, 0.2) is 18.2 Å². The predicted molar refractivity (Wildman–Crippen MR) is 86.6 cm³/mol. The highest BCUT2D eigenvalue weighted by Crippen LogP contribution is 2.25. The van der Waals surface area contributed by atoms with Gasteiger partial charge in [0, 0.05) is 17.1 Å². The Kier molecular flexibility index (Phi) is 3.99. The van der Waals surface area contributed by atoms with Crippen LogP contribution in [0.2, 0.25) is 0 Å². The number of nitrogens with one attached hydrogen (secondary N) is 1. The Morgan fingerprint density at radius 2 is 1.65 bits per heavy atom. The smallest absolute Gasteiger partial charge is 0.107 e. The number of hydrogen-bond acceptors (Lipinski definition) is 4. The van der Waals surface area contributed by atoms with Crippen LogP contribution in [0, 0.1) is 27.7 Å². The minimum atomic E-state index is 0.343. The predicted octanol–water partition coefficient (Wildman–Crippen LogP) is 3.09. The minimum Gasteiger partial charge on any atom is -0.389 e. The molecule has 0 amide bonds. The normalized spacial score (nSPS) is 10.4. The average Bonchev–Trinajstić information content (AvgIpc) is 2.31. The molecular formula is C15H18N4S. The molecule has 20 heavy (non-hydrogen) atoms. The van der Waals surface area contributed by atoms with E-state index in [0.717, 1.165) is 39.7 Å². The summed E-state index contributed by atoms with van der Waals surface area (Å²) in [6.45, 7) is 7.79. The van der Waals surface area contributed by atoms with Gasteiger partial charge in [0.2, 0.25) is 0 Å². The molecule has 2 heterocycles. The molecule has 3 N–H and O–H groups in total. The summed E-state index contributed by atoms with van der Waals surface area (Å²) in [5.41, 5.74) is 12.1. The number of pyridine rings is 2. The van der Waals surface area contributed by atoms with E-state index >= 15 is 0 Å². The number of aromatic nitrogens is 2. The maximum absolute atomic E-state index is 5.82. The first-order chi connectivity index (χ1) is 9.38. The summed E-state index contributed by atoms with van der Waals surface area (Å²) in [7, 11) is 0. The molecule has 104 valence electrons. The second-order valence-electron chi connectivity index (χ2n) is 4.85. The molecule has 0 radical (unpaired) electrons. The second kappa shape index (κ2) is 5.54. The van der Waals surface area contributed by atoms with Crippen molar-refractivity contribution in [3.8, 4) is 0 Å². The minimum absolute atomic E-state index is 0.343. The van der Waals surface area contributed by atoms with Crippen LogP contribution in [0.25, 0.3) is 0 Å². The Bertz CT molecular complexity index is 680. The van der Waals surface area contributed by atoms with Gasteiger partial charge in [-0.3, -0.25) is 9.97 Å². The molecule has 0 bridgehead atoms. The zero-order valence-electron chi connectivity index (χ0n) is 12.1. The highest BCUT2D eigenvalue weighted by atomic mass is 32.1. The molecule has 5 heteroatoms. The number of rotatable bonds is 3. The van der Waals surface area contributed by atoms with Crippen molar-refractivity contribution >= 4 is 28.6 Å². The number of aryl methyl sites for hydroxylation is 4. The molecule has 0 aromatic carbocycles. The third-order valence-electron chi connectivity index (χ3n) is 3.07. The number of anilines is 2. The first-order valence-electron chi connectivity index (χ1n) is 6.38. The van der Waals surface area contributed by atoms with E-state index < -0.39 is 0 Å². The fraction of sp³-hybridized carbons (Fsp3) is 0.267. The van der Waals surface area contributed by atoms with Crippen molar-refractivity contribution in [2.45, 2.75) is 27.7 Å². The summed E-state index contributed by atoms with van der Waals surface area (Å²) in [6.07, 6.45) is 0. The van der Waals surface area contributed by atoms with Crippen molar-refractivity contribution in [3.05, 3.63) is 46.5 Å². The first-order valence-corrected chi connectivity index (χ1v) is 6.78. The quantitative estimate of drug-likeness (QED) is 0.849. The van der Waals surface area contributed by atoms with E-state index in [1.807, 2.05) is 45.9 Å². The van der Waals surface area contributed by atoms with Gasteiger partial charge in [0.25, 0.3) is 0 Å². The molecule has 0 aliphatic carbocycles. The van der Waals surface area contributed by atoms with Crippen LogP contribution in [-0.2, 0) is 0 Å². The van der Waals surface area contributed by atoms with Crippen LogP contribution in [0.4, 0.5) is 11.4 Å². The standard InChI is InChI=1S/C15H18N4S/c1-8-5-6-12(10(3)17-8)19-13-7-9(2)18-11(4)14(13)15(16)20/h5-7H,1-4H3,(H2,16,20)(H,18,19). The van der Waals surface area contributed by atoms with Crippen molar-refractivity contribution in [1.82, 2.24) is 9.97 Å². The van der Waals surface area contributed by atoms with Crippen LogP contribution in [0.1, 0.15) is 28.3 Å².